The monoisotopic (exact) mass is 578 g/mol. The maximum Gasteiger partial charge on any atom is 0.431 e. The SMILES string of the molecule is CCOC(=O)C(F)Oc1ccccc1Oc1cc(-n2c(=O)cc(C(F)(F)F)n(C)c2=O)c(F)cc1Br. The van der Waals surface area contributed by atoms with E-state index in [1.54, 1.807) is 0 Å². The fourth-order valence-electron chi connectivity index (χ4n) is 3.01. The third-order valence-electron chi connectivity index (χ3n) is 4.62. The van der Waals surface area contributed by atoms with Gasteiger partial charge in [0.2, 0.25) is 0 Å². The summed E-state index contributed by atoms with van der Waals surface area (Å²) in [6.07, 6.45) is -7.49. The largest absolute Gasteiger partial charge is 0.461 e. The van der Waals surface area contributed by atoms with Crippen LogP contribution in [0.1, 0.15) is 12.6 Å². The summed E-state index contributed by atoms with van der Waals surface area (Å²) in [5, 5.41) is 0. The van der Waals surface area contributed by atoms with E-state index in [-0.39, 0.29) is 43.5 Å². The molecule has 1 unspecified atom stereocenters. The summed E-state index contributed by atoms with van der Waals surface area (Å²) in [6.45, 7) is 1.38. The number of carbonyl (C=O) groups excluding carboxylic acids is 1. The molecule has 0 bridgehead atoms. The van der Waals surface area contributed by atoms with Crippen LogP contribution in [-0.4, -0.2) is 28.1 Å². The van der Waals surface area contributed by atoms with Gasteiger partial charge in [-0.1, -0.05) is 12.1 Å². The smallest absolute Gasteiger partial charge is 0.431 e. The number of benzene rings is 2. The van der Waals surface area contributed by atoms with Crippen LogP contribution in [0, 0.1) is 5.82 Å². The highest BCUT2D eigenvalue weighted by Gasteiger charge is 2.35. The number of hydrogen-bond donors (Lipinski definition) is 0. The molecule has 0 N–H and O–H groups in total. The highest BCUT2D eigenvalue weighted by molar-refractivity contribution is 9.10. The average Bonchev–Trinajstić information content (AvgIpc) is 2.79. The Morgan fingerprint density at radius 2 is 1.72 bits per heavy atom. The van der Waals surface area contributed by atoms with Crippen molar-refractivity contribution in [2.75, 3.05) is 6.61 Å². The molecular formula is C22H16BrF5N2O6. The van der Waals surface area contributed by atoms with E-state index in [4.69, 9.17) is 9.47 Å². The van der Waals surface area contributed by atoms with Crippen molar-refractivity contribution in [2.45, 2.75) is 19.5 Å². The summed E-state index contributed by atoms with van der Waals surface area (Å²) in [6, 6.07) is 7.33. The van der Waals surface area contributed by atoms with Crippen molar-refractivity contribution < 1.29 is 41.0 Å². The molecule has 0 spiro atoms. The third-order valence-corrected chi connectivity index (χ3v) is 5.24. The van der Waals surface area contributed by atoms with Gasteiger partial charge in [0.15, 0.2) is 11.5 Å². The molecule has 1 heterocycles. The summed E-state index contributed by atoms with van der Waals surface area (Å²) in [5.74, 6) is -3.05. The van der Waals surface area contributed by atoms with E-state index in [2.05, 4.69) is 20.7 Å². The lowest BCUT2D eigenvalue weighted by Crippen LogP contribution is -2.41. The van der Waals surface area contributed by atoms with Crippen LogP contribution in [0.2, 0.25) is 0 Å². The minimum absolute atomic E-state index is 0.0301. The standard InChI is InChI=1S/C22H16BrF5N2O6/c1-3-34-20(32)19(25)36-15-7-5-4-6-14(15)35-16-9-13(12(24)8-11(16)23)30-18(31)10-17(22(26,27)28)29(2)21(30)33/h4-10,19H,3H2,1-2H3. The molecule has 0 aliphatic rings. The first kappa shape index (κ1) is 26.9. The normalized spacial score (nSPS) is 12.2. The van der Waals surface area contributed by atoms with Crippen LogP contribution in [0.25, 0.3) is 5.69 Å². The van der Waals surface area contributed by atoms with Crippen molar-refractivity contribution in [3.63, 3.8) is 0 Å². The van der Waals surface area contributed by atoms with Gasteiger partial charge in [0.05, 0.1) is 16.8 Å². The molecule has 0 saturated heterocycles. The van der Waals surface area contributed by atoms with E-state index >= 15 is 0 Å². The highest BCUT2D eigenvalue weighted by Crippen LogP contribution is 2.37. The molecule has 0 amide bonds. The average molecular weight is 579 g/mol. The molecule has 3 aromatic rings. The van der Waals surface area contributed by atoms with Crippen LogP contribution in [-0.2, 0) is 22.8 Å². The first-order valence-corrected chi connectivity index (χ1v) is 10.8. The molecule has 1 atom stereocenters. The predicted molar refractivity (Wildman–Crippen MR) is 119 cm³/mol. The molecular weight excluding hydrogens is 563 g/mol. The van der Waals surface area contributed by atoms with Gasteiger partial charge in [0, 0.05) is 19.2 Å². The molecule has 0 fully saturated rings. The molecule has 0 saturated carbocycles. The van der Waals surface area contributed by atoms with Gasteiger partial charge >= 0.3 is 24.2 Å². The van der Waals surface area contributed by atoms with Gasteiger partial charge in [-0.05, 0) is 41.1 Å². The third kappa shape index (κ3) is 5.58. The Morgan fingerprint density at radius 3 is 2.33 bits per heavy atom. The number of nitrogens with zero attached hydrogens (tertiary/aromatic N) is 2. The number of halogens is 6. The van der Waals surface area contributed by atoms with Crippen LogP contribution in [0.15, 0.2) is 56.5 Å². The second-order valence-electron chi connectivity index (χ2n) is 7.01. The molecule has 8 nitrogen and oxygen atoms in total. The van der Waals surface area contributed by atoms with Gasteiger partial charge in [-0.25, -0.2) is 18.5 Å². The number of carbonyl (C=O) groups is 1. The van der Waals surface area contributed by atoms with Crippen molar-refractivity contribution in [1.29, 1.82) is 0 Å². The lowest BCUT2D eigenvalue weighted by Gasteiger charge is -2.17. The van der Waals surface area contributed by atoms with Crippen molar-refractivity contribution in [3.05, 3.63) is 79.3 Å². The lowest BCUT2D eigenvalue weighted by atomic mass is 10.2. The molecule has 36 heavy (non-hydrogen) atoms. The topological polar surface area (TPSA) is 88.8 Å². The van der Waals surface area contributed by atoms with E-state index < -0.39 is 47.0 Å². The number of aromatic nitrogens is 2. The van der Waals surface area contributed by atoms with Crippen molar-refractivity contribution >= 4 is 21.9 Å². The molecule has 0 aliphatic carbocycles. The molecule has 3 rings (SSSR count). The zero-order valence-corrected chi connectivity index (χ0v) is 20.0. The molecule has 0 aliphatic heterocycles. The highest BCUT2D eigenvalue weighted by atomic mass is 79.9. The second kappa shape index (κ2) is 10.5. The minimum atomic E-state index is -5.00. The Morgan fingerprint density at radius 1 is 1.08 bits per heavy atom. The fraction of sp³-hybridized carbons (Fsp3) is 0.227. The van der Waals surface area contributed by atoms with Gasteiger partial charge in [-0.2, -0.15) is 17.6 Å². The zero-order valence-electron chi connectivity index (χ0n) is 18.4. The number of ether oxygens (including phenoxy) is 3. The maximum atomic E-state index is 14.8. The number of para-hydroxylation sites is 2. The number of esters is 1. The van der Waals surface area contributed by atoms with Gasteiger partial charge < -0.3 is 14.2 Å². The zero-order chi connectivity index (χ0) is 26.8. The lowest BCUT2D eigenvalue weighted by molar-refractivity contribution is -0.159. The van der Waals surface area contributed by atoms with E-state index in [1.807, 2.05) is 0 Å². The molecule has 14 heteroatoms. The minimum Gasteiger partial charge on any atom is -0.461 e. The first-order valence-electron chi connectivity index (χ1n) is 9.99. The molecule has 1 aromatic heterocycles. The number of rotatable bonds is 7. The Balaban J connectivity index is 2.06. The van der Waals surface area contributed by atoms with Gasteiger partial charge in [0.1, 0.15) is 17.3 Å². The maximum absolute atomic E-state index is 14.8. The van der Waals surface area contributed by atoms with Crippen LogP contribution in [0.3, 0.4) is 0 Å². The molecule has 0 radical (unpaired) electrons. The Kier molecular flexibility index (Phi) is 7.86. The summed E-state index contributed by atoms with van der Waals surface area (Å²) >= 11 is 3.05. The van der Waals surface area contributed by atoms with Gasteiger partial charge in [-0.3, -0.25) is 9.36 Å². The Bertz CT molecular complexity index is 1420. The summed E-state index contributed by atoms with van der Waals surface area (Å²) in [7, 11) is 0.778. The molecule has 2 aromatic carbocycles. The Labute approximate surface area is 207 Å². The fourth-order valence-corrected chi connectivity index (χ4v) is 3.40. The van der Waals surface area contributed by atoms with Gasteiger partial charge in [-0.15, -0.1) is 0 Å². The van der Waals surface area contributed by atoms with Crippen LogP contribution in [0.5, 0.6) is 17.2 Å². The van der Waals surface area contributed by atoms with E-state index in [0.717, 1.165) is 19.2 Å². The molecule has 192 valence electrons. The van der Waals surface area contributed by atoms with Crippen molar-refractivity contribution in [1.82, 2.24) is 9.13 Å². The van der Waals surface area contributed by atoms with Crippen molar-refractivity contribution in [2.24, 2.45) is 7.05 Å². The summed E-state index contributed by atoms with van der Waals surface area (Å²) in [5.41, 5.74) is -5.12. The van der Waals surface area contributed by atoms with Crippen LogP contribution in [0.4, 0.5) is 22.0 Å². The number of alkyl halides is 4. The van der Waals surface area contributed by atoms with Crippen LogP contribution < -0.4 is 20.7 Å². The summed E-state index contributed by atoms with van der Waals surface area (Å²) < 4.78 is 83.6. The summed E-state index contributed by atoms with van der Waals surface area (Å²) in [4.78, 5) is 36.5. The Hall–Kier alpha value is -3.68. The van der Waals surface area contributed by atoms with Gasteiger partial charge in [0.25, 0.3) is 5.56 Å². The number of hydrogen-bond acceptors (Lipinski definition) is 6. The van der Waals surface area contributed by atoms with E-state index in [1.165, 1.54) is 31.2 Å². The first-order chi connectivity index (χ1) is 16.8. The quantitative estimate of drug-likeness (QED) is 0.303. The predicted octanol–water partition coefficient (Wildman–Crippen LogP) is 4.49. The van der Waals surface area contributed by atoms with E-state index in [0.29, 0.717) is 0 Å². The van der Waals surface area contributed by atoms with E-state index in [9.17, 15) is 36.3 Å². The van der Waals surface area contributed by atoms with Crippen LogP contribution >= 0.6 is 15.9 Å². The second-order valence-corrected chi connectivity index (χ2v) is 7.87. The van der Waals surface area contributed by atoms with Crippen molar-refractivity contribution in [3.8, 4) is 22.9 Å².